The number of halogens is 1. The summed E-state index contributed by atoms with van der Waals surface area (Å²) in [6.45, 7) is 11.0. The Labute approximate surface area is 131 Å². The molecule has 1 aromatic heterocycles. The predicted octanol–water partition coefficient (Wildman–Crippen LogP) is 3.99. The number of alkyl halides is 1. The van der Waals surface area contributed by atoms with Crippen molar-refractivity contribution in [1.82, 2.24) is 14.5 Å². The zero-order chi connectivity index (χ0) is 15.0. The standard InChI is InChI=1S/C17H24ClN3/c1-4-20-9-8-14(10-20)11-21-15-7-5-6-12(2)16(15)19-17(21)13(3)18/h5-7,13-14H,4,8-11H2,1-3H3. The molecule has 1 saturated heterocycles. The van der Waals surface area contributed by atoms with Crippen molar-refractivity contribution < 1.29 is 0 Å². The van der Waals surface area contributed by atoms with E-state index in [9.17, 15) is 0 Å². The first-order valence-electron chi connectivity index (χ1n) is 7.92. The lowest BCUT2D eigenvalue weighted by Gasteiger charge is -2.16. The molecule has 0 amide bonds. The Bertz CT molecular complexity index is 632. The maximum Gasteiger partial charge on any atom is 0.127 e. The molecule has 1 aliphatic rings. The van der Waals surface area contributed by atoms with Crippen molar-refractivity contribution in [3.05, 3.63) is 29.6 Å². The van der Waals surface area contributed by atoms with Crippen LogP contribution in [-0.4, -0.2) is 34.1 Å². The molecule has 1 fully saturated rings. The highest BCUT2D eigenvalue weighted by molar-refractivity contribution is 6.20. The van der Waals surface area contributed by atoms with Gasteiger partial charge in [-0.2, -0.15) is 0 Å². The molecular weight excluding hydrogens is 282 g/mol. The lowest BCUT2D eigenvalue weighted by Crippen LogP contribution is -2.21. The van der Waals surface area contributed by atoms with E-state index in [1.165, 1.54) is 30.6 Å². The lowest BCUT2D eigenvalue weighted by atomic mass is 10.1. The molecule has 21 heavy (non-hydrogen) atoms. The Kier molecular flexibility index (Phi) is 4.23. The third kappa shape index (κ3) is 2.82. The Balaban J connectivity index is 1.96. The number of para-hydroxylation sites is 1. The van der Waals surface area contributed by atoms with Crippen molar-refractivity contribution in [3.8, 4) is 0 Å². The summed E-state index contributed by atoms with van der Waals surface area (Å²) in [6.07, 6.45) is 1.27. The third-order valence-electron chi connectivity index (χ3n) is 4.62. The van der Waals surface area contributed by atoms with E-state index < -0.39 is 0 Å². The molecule has 0 bridgehead atoms. The maximum absolute atomic E-state index is 6.38. The number of aryl methyl sites for hydroxylation is 1. The molecule has 0 N–H and O–H groups in total. The largest absolute Gasteiger partial charge is 0.326 e. The summed E-state index contributed by atoms with van der Waals surface area (Å²) in [7, 11) is 0. The van der Waals surface area contributed by atoms with Gasteiger partial charge in [0.15, 0.2) is 0 Å². The number of imidazole rings is 1. The van der Waals surface area contributed by atoms with Crippen LogP contribution in [0.3, 0.4) is 0 Å². The van der Waals surface area contributed by atoms with Gasteiger partial charge in [0.25, 0.3) is 0 Å². The summed E-state index contributed by atoms with van der Waals surface area (Å²) in [5.41, 5.74) is 3.56. The lowest BCUT2D eigenvalue weighted by molar-refractivity contribution is 0.332. The van der Waals surface area contributed by atoms with E-state index in [0.29, 0.717) is 5.92 Å². The van der Waals surface area contributed by atoms with Crippen molar-refractivity contribution in [2.24, 2.45) is 5.92 Å². The maximum atomic E-state index is 6.38. The third-order valence-corrected chi connectivity index (χ3v) is 4.82. The topological polar surface area (TPSA) is 21.1 Å². The van der Waals surface area contributed by atoms with Crippen LogP contribution in [-0.2, 0) is 6.54 Å². The molecule has 114 valence electrons. The molecule has 1 aromatic carbocycles. The first-order valence-corrected chi connectivity index (χ1v) is 8.36. The van der Waals surface area contributed by atoms with Crippen LogP contribution in [0.25, 0.3) is 11.0 Å². The zero-order valence-electron chi connectivity index (χ0n) is 13.1. The predicted molar refractivity (Wildman–Crippen MR) is 89.0 cm³/mol. The van der Waals surface area contributed by atoms with Gasteiger partial charge in [-0.25, -0.2) is 4.98 Å². The van der Waals surface area contributed by atoms with Crippen LogP contribution in [0.2, 0.25) is 0 Å². The van der Waals surface area contributed by atoms with E-state index in [0.717, 1.165) is 24.4 Å². The summed E-state index contributed by atoms with van der Waals surface area (Å²) in [6, 6.07) is 6.41. The molecule has 4 heteroatoms. The normalized spacial score (nSPS) is 21.2. The first-order chi connectivity index (χ1) is 10.1. The highest BCUT2D eigenvalue weighted by Crippen LogP contribution is 2.29. The fourth-order valence-electron chi connectivity index (χ4n) is 3.41. The highest BCUT2D eigenvalue weighted by Gasteiger charge is 2.24. The second kappa shape index (κ2) is 5.98. The summed E-state index contributed by atoms with van der Waals surface area (Å²) in [5.74, 6) is 1.72. The van der Waals surface area contributed by atoms with Crippen molar-refractivity contribution in [2.75, 3.05) is 19.6 Å². The number of aromatic nitrogens is 2. The van der Waals surface area contributed by atoms with E-state index in [-0.39, 0.29) is 5.38 Å². The summed E-state index contributed by atoms with van der Waals surface area (Å²) < 4.78 is 2.35. The minimum atomic E-state index is -0.0551. The van der Waals surface area contributed by atoms with E-state index in [4.69, 9.17) is 16.6 Å². The van der Waals surface area contributed by atoms with Crippen LogP contribution in [0.1, 0.15) is 37.0 Å². The van der Waals surface area contributed by atoms with Gasteiger partial charge in [0.05, 0.1) is 16.4 Å². The van der Waals surface area contributed by atoms with Gasteiger partial charge in [-0.1, -0.05) is 19.1 Å². The monoisotopic (exact) mass is 305 g/mol. The minimum absolute atomic E-state index is 0.0551. The molecule has 2 atom stereocenters. The Morgan fingerprint density at radius 3 is 2.90 bits per heavy atom. The molecule has 2 heterocycles. The number of likely N-dealkylation sites (tertiary alicyclic amines) is 1. The van der Waals surface area contributed by atoms with Gasteiger partial charge < -0.3 is 9.47 Å². The zero-order valence-corrected chi connectivity index (χ0v) is 13.9. The number of rotatable bonds is 4. The fourth-order valence-corrected chi connectivity index (χ4v) is 3.57. The van der Waals surface area contributed by atoms with Gasteiger partial charge in [0.1, 0.15) is 5.82 Å². The molecule has 0 saturated carbocycles. The second-order valence-corrected chi connectivity index (χ2v) is 6.84. The number of hydrogen-bond donors (Lipinski definition) is 0. The molecule has 0 radical (unpaired) electrons. The molecule has 2 aromatic rings. The van der Waals surface area contributed by atoms with Crippen molar-refractivity contribution in [1.29, 1.82) is 0 Å². The summed E-state index contributed by atoms with van der Waals surface area (Å²) >= 11 is 6.38. The second-order valence-electron chi connectivity index (χ2n) is 6.19. The fraction of sp³-hybridized carbons (Fsp3) is 0.588. The van der Waals surface area contributed by atoms with Gasteiger partial charge in [-0.15, -0.1) is 11.6 Å². The van der Waals surface area contributed by atoms with Crippen molar-refractivity contribution in [2.45, 2.75) is 39.1 Å². The Hall–Kier alpha value is -1.06. The number of nitrogens with zero attached hydrogens (tertiary/aromatic N) is 3. The molecule has 3 nitrogen and oxygen atoms in total. The average Bonchev–Trinajstić information content (AvgIpc) is 3.05. The van der Waals surface area contributed by atoms with Crippen LogP contribution in [0, 0.1) is 12.8 Å². The van der Waals surface area contributed by atoms with Gasteiger partial charge in [0.2, 0.25) is 0 Å². The van der Waals surface area contributed by atoms with Crippen molar-refractivity contribution in [3.63, 3.8) is 0 Å². The summed E-state index contributed by atoms with van der Waals surface area (Å²) in [5, 5.41) is -0.0551. The number of hydrogen-bond acceptors (Lipinski definition) is 2. The molecule has 2 unspecified atom stereocenters. The minimum Gasteiger partial charge on any atom is -0.326 e. The highest BCUT2D eigenvalue weighted by atomic mass is 35.5. The smallest absolute Gasteiger partial charge is 0.127 e. The Morgan fingerprint density at radius 2 is 2.24 bits per heavy atom. The van der Waals surface area contributed by atoms with Crippen LogP contribution >= 0.6 is 11.6 Å². The van der Waals surface area contributed by atoms with Gasteiger partial charge in [-0.3, -0.25) is 0 Å². The van der Waals surface area contributed by atoms with Gasteiger partial charge in [0, 0.05) is 13.1 Å². The van der Waals surface area contributed by atoms with E-state index in [1.54, 1.807) is 0 Å². The average molecular weight is 306 g/mol. The molecule has 1 aliphatic heterocycles. The quantitative estimate of drug-likeness (QED) is 0.797. The van der Waals surface area contributed by atoms with Crippen LogP contribution < -0.4 is 0 Å². The van der Waals surface area contributed by atoms with Crippen LogP contribution in [0.15, 0.2) is 18.2 Å². The van der Waals surface area contributed by atoms with E-state index in [2.05, 4.69) is 41.5 Å². The van der Waals surface area contributed by atoms with Gasteiger partial charge in [-0.05, 0) is 50.9 Å². The van der Waals surface area contributed by atoms with Crippen LogP contribution in [0.5, 0.6) is 0 Å². The molecule has 0 aliphatic carbocycles. The molecular formula is C17H24ClN3. The first kappa shape index (κ1) is 14.9. The van der Waals surface area contributed by atoms with E-state index in [1.807, 2.05) is 6.92 Å². The van der Waals surface area contributed by atoms with E-state index >= 15 is 0 Å². The SMILES string of the molecule is CCN1CCC(Cn2c(C(C)Cl)nc3c(C)cccc32)C1. The van der Waals surface area contributed by atoms with Crippen molar-refractivity contribution >= 4 is 22.6 Å². The summed E-state index contributed by atoms with van der Waals surface area (Å²) in [4.78, 5) is 7.34. The molecule has 3 rings (SSSR count). The van der Waals surface area contributed by atoms with Crippen LogP contribution in [0.4, 0.5) is 0 Å². The Morgan fingerprint density at radius 1 is 1.43 bits per heavy atom. The number of benzene rings is 1. The number of fused-ring (bicyclic) bond motifs is 1. The molecule has 0 spiro atoms. The van der Waals surface area contributed by atoms with Gasteiger partial charge >= 0.3 is 0 Å².